The Kier molecular flexibility index (Phi) is 7.83. The van der Waals surface area contributed by atoms with Crippen LogP contribution in [-0.4, -0.2) is 23.5 Å². The fourth-order valence-electron chi connectivity index (χ4n) is 1.88. The van der Waals surface area contributed by atoms with Crippen molar-refractivity contribution in [2.75, 3.05) is 6.61 Å². The van der Waals surface area contributed by atoms with Crippen LogP contribution in [0.15, 0.2) is 53.0 Å². The molecule has 0 atom stereocenters. The third-order valence-corrected chi connectivity index (χ3v) is 4.02. The SMILES string of the molecule is O=C(Cc1ccccc1)NNC(=S)NC(=O)COc1ccc(Br)cc1Cl. The van der Waals surface area contributed by atoms with Gasteiger partial charge < -0.3 is 4.74 Å². The summed E-state index contributed by atoms with van der Waals surface area (Å²) in [6.45, 7) is -0.277. The molecule has 0 saturated carbocycles. The molecule has 2 aromatic rings. The second-order valence-corrected chi connectivity index (χ2v) is 6.81. The Morgan fingerprint density at radius 3 is 2.50 bits per heavy atom. The Morgan fingerprint density at radius 2 is 1.81 bits per heavy atom. The molecule has 0 spiro atoms. The van der Waals surface area contributed by atoms with Crippen molar-refractivity contribution >= 4 is 56.7 Å². The molecule has 2 aromatic carbocycles. The fraction of sp³-hybridized carbons (Fsp3) is 0.118. The molecule has 0 aliphatic carbocycles. The van der Waals surface area contributed by atoms with Crippen molar-refractivity contribution in [2.45, 2.75) is 6.42 Å². The van der Waals surface area contributed by atoms with Crippen LogP contribution in [0.3, 0.4) is 0 Å². The first-order valence-electron chi connectivity index (χ1n) is 7.44. The van der Waals surface area contributed by atoms with Gasteiger partial charge in [-0.05, 0) is 36.0 Å². The van der Waals surface area contributed by atoms with Crippen molar-refractivity contribution in [1.82, 2.24) is 16.2 Å². The summed E-state index contributed by atoms with van der Waals surface area (Å²) in [5.41, 5.74) is 5.74. The summed E-state index contributed by atoms with van der Waals surface area (Å²) in [4.78, 5) is 23.6. The first kappa shape index (κ1) is 20.2. The van der Waals surface area contributed by atoms with E-state index in [2.05, 4.69) is 32.1 Å². The molecular formula is C17H15BrClN3O3S. The van der Waals surface area contributed by atoms with Gasteiger partial charge >= 0.3 is 0 Å². The predicted molar refractivity (Wildman–Crippen MR) is 107 cm³/mol. The number of amides is 2. The maximum Gasteiger partial charge on any atom is 0.264 e. The van der Waals surface area contributed by atoms with Crippen molar-refractivity contribution in [2.24, 2.45) is 0 Å². The number of carbonyl (C=O) groups excluding carboxylic acids is 2. The highest BCUT2D eigenvalue weighted by atomic mass is 79.9. The number of nitrogens with one attached hydrogen (secondary N) is 3. The van der Waals surface area contributed by atoms with E-state index in [1.54, 1.807) is 18.2 Å². The molecule has 0 saturated heterocycles. The molecular weight excluding hydrogens is 442 g/mol. The zero-order chi connectivity index (χ0) is 18.9. The number of benzene rings is 2. The highest BCUT2D eigenvalue weighted by molar-refractivity contribution is 9.10. The molecule has 9 heteroatoms. The zero-order valence-corrected chi connectivity index (χ0v) is 16.6. The molecule has 3 N–H and O–H groups in total. The Labute approximate surface area is 169 Å². The molecule has 0 unspecified atom stereocenters. The van der Waals surface area contributed by atoms with Gasteiger partial charge in [0.05, 0.1) is 11.4 Å². The van der Waals surface area contributed by atoms with Crippen molar-refractivity contribution in [3.05, 3.63) is 63.6 Å². The van der Waals surface area contributed by atoms with Crippen molar-refractivity contribution in [1.29, 1.82) is 0 Å². The average molecular weight is 457 g/mol. The van der Waals surface area contributed by atoms with Crippen LogP contribution in [0.1, 0.15) is 5.56 Å². The van der Waals surface area contributed by atoms with Crippen molar-refractivity contribution in [3.63, 3.8) is 0 Å². The van der Waals surface area contributed by atoms with Crippen LogP contribution in [0, 0.1) is 0 Å². The van der Waals surface area contributed by atoms with Gasteiger partial charge in [-0.3, -0.25) is 25.8 Å². The molecule has 0 aliphatic heterocycles. The van der Waals surface area contributed by atoms with E-state index in [0.29, 0.717) is 10.8 Å². The summed E-state index contributed by atoms with van der Waals surface area (Å²) in [7, 11) is 0. The van der Waals surface area contributed by atoms with Gasteiger partial charge in [0, 0.05) is 4.47 Å². The second-order valence-electron chi connectivity index (χ2n) is 5.08. The van der Waals surface area contributed by atoms with Crippen LogP contribution in [0.4, 0.5) is 0 Å². The maximum atomic E-state index is 11.8. The molecule has 136 valence electrons. The molecule has 0 radical (unpaired) electrons. The molecule has 0 aliphatic rings. The number of ether oxygens (including phenoxy) is 1. The monoisotopic (exact) mass is 455 g/mol. The number of thiocarbonyl (C=S) groups is 1. The summed E-state index contributed by atoms with van der Waals surface area (Å²) >= 11 is 14.2. The van der Waals surface area contributed by atoms with Gasteiger partial charge in [-0.1, -0.05) is 57.9 Å². The van der Waals surface area contributed by atoms with E-state index in [0.717, 1.165) is 10.0 Å². The van der Waals surface area contributed by atoms with Crippen molar-refractivity contribution in [3.8, 4) is 5.75 Å². The van der Waals surface area contributed by atoms with Gasteiger partial charge in [0.1, 0.15) is 5.75 Å². The number of halogens is 2. The number of hydrogen-bond acceptors (Lipinski definition) is 4. The first-order valence-corrected chi connectivity index (χ1v) is 9.02. The Hall–Kier alpha value is -2.16. The third-order valence-electron chi connectivity index (χ3n) is 3.03. The second kappa shape index (κ2) is 10.1. The Balaban J connectivity index is 1.70. The van der Waals surface area contributed by atoms with E-state index in [-0.39, 0.29) is 24.0 Å². The summed E-state index contributed by atoms with van der Waals surface area (Å²) in [6, 6.07) is 14.3. The molecule has 0 fully saturated rings. The number of hydrazine groups is 1. The first-order chi connectivity index (χ1) is 12.4. The number of rotatable bonds is 5. The highest BCUT2D eigenvalue weighted by Crippen LogP contribution is 2.27. The van der Waals surface area contributed by atoms with E-state index in [1.807, 2.05) is 30.3 Å². The van der Waals surface area contributed by atoms with Crippen LogP contribution in [0.5, 0.6) is 5.75 Å². The summed E-state index contributed by atoms with van der Waals surface area (Å²) < 4.78 is 6.12. The van der Waals surface area contributed by atoms with Crippen LogP contribution in [0.25, 0.3) is 0 Å². The van der Waals surface area contributed by atoms with E-state index in [9.17, 15) is 9.59 Å². The van der Waals surface area contributed by atoms with Crippen LogP contribution < -0.4 is 20.9 Å². The molecule has 2 amide bonds. The quantitative estimate of drug-likeness (QED) is 0.476. The van der Waals surface area contributed by atoms with Gasteiger partial charge in [-0.2, -0.15) is 0 Å². The van der Waals surface area contributed by atoms with Gasteiger partial charge in [-0.15, -0.1) is 0 Å². The summed E-state index contributed by atoms with van der Waals surface area (Å²) in [5.74, 6) is -0.399. The molecule has 0 bridgehead atoms. The van der Waals surface area contributed by atoms with Crippen molar-refractivity contribution < 1.29 is 14.3 Å². The molecule has 0 heterocycles. The van der Waals surface area contributed by atoms with E-state index in [4.69, 9.17) is 28.6 Å². The van der Waals surface area contributed by atoms with Crippen LogP contribution >= 0.6 is 39.7 Å². The third kappa shape index (κ3) is 6.99. The molecule has 2 rings (SSSR count). The van der Waals surface area contributed by atoms with E-state index >= 15 is 0 Å². The summed E-state index contributed by atoms with van der Waals surface area (Å²) in [5, 5.41) is 2.73. The number of hydrogen-bond donors (Lipinski definition) is 3. The smallest absolute Gasteiger partial charge is 0.264 e. The topological polar surface area (TPSA) is 79.5 Å². The van der Waals surface area contributed by atoms with Gasteiger partial charge in [-0.25, -0.2) is 0 Å². The molecule has 26 heavy (non-hydrogen) atoms. The average Bonchev–Trinajstić information content (AvgIpc) is 2.60. The largest absolute Gasteiger partial charge is 0.482 e. The summed E-state index contributed by atoms with van der Waals surface area (Å²) in [6.07, 6.45) is 0.190. The molecule has 6 nitrogen and oxygen atoms in total. The van der Waals surface area contributed by atoms with Gasteiger partial charge in [0.2, 0.25) is 5.91 Å². The number of carbonyl (C=O) groups is 2. The van der Waals surface area contributed by atoms with E-state index in [1.165, 1.54) is 0 Å². The van der Waals surface area contributed by atoms with Gasteiger partial charge in [0.15, 0.2) is 11.7 Å². The standard InChI is InChI=1S/C17H15BrClN3O3S/c18-12-6-7-14(13(19)9-12)25-10-16(24)20-17(26)22-21-15(23)8-11-4-2-1-3-5-11/h1-7,9H,8,10H2,(H,21,23)(H2,20,22,24,26). The highest BCUT2D eigenvalue weighted by Gasteiger charge is 2.09. The lowest BCUT2D eigenvalue weighted by Gasteiger charge is -2.12. The maximum absolute atomic E-state index is 11.8. The lowest BCUT2D eigenvalue weighted by Crippen LogP contribution is -2.49. The Morgan fingerprint density at radius 1 is 1.08 bits per heavy atom. The lowest BCUT2D eigenvalue weighted by molar-refractivity contribution is -0.122. The fourth-order valence-corrected chi connectivity index (χ4v) is 2.77. The van der Waals surface area contributed by atoms with Gasteiger partial charge in [0.25, 0.3) is 5.91 Å². The minimum absolute atomic E-state index is 0.0399. The van der Waals surface area contributed by atoms with Crippen LogP contribution in [-0.2, 0) is 16.0 Å². The normalized spacial score (nSPS) is 9.92. The Bertz CT molecular complexity index is 805. The molecule has 0 aromatic heterocycles. The minimum Gasteiger partial charge on any atom is -0.482 e. The lowest BCUT2D eigenvalue weighted by atomic mass is 10.1. The van der Waals surface area contributed by atoms with E-state index < -0.39 is 5.91 Å². The predicted octanol–water partition coefficient (Wildman–Crippen LogP) is 2.75. The minimum atomic E-state index is -0.487. The van der Waals surface area contributed by atoms with Crippen LogP contribution in [0.2, 0.25) is 5.02 Å². The zero-order valence-electron chi connectivity index (χ0n) is 13.4.